The molecule has 1 atom stereocenters. The lowest BCUT2D eigenvalue weighted by Gasteiger charge is -2.39. The summed E-state index contributed by atoms with van der Waals surface area (Å²) in [6.07, 6.45) is 0. The highest BCUT2D eigenvalue weighted by Crippen LogP contribution is 2.24. The number of hydrogen-bond acceptors (Lipinski definition) is 5. The van der Waals surface area contributed by atoms with Gasteiger partial charge in [0.2, 0.25) is 0 Å². The highest BCUT2D eigenvalue weighted by Gasteiger charge is 2.29. The van der Waals surface area contributed by atoms with E-state index >= 15 is 0 Å². The van der Waals surface area contributed by atoms with Gasteiger partial charge in [0.15, 0.2) is 0 Å². The number of rotatable bonds is 4. The maximum absolute atomic E-state index is 12.6. The summed E-state index contributed by atoms with van der Waals surface area (Å²) in [6, 6.07) is 9.89. The van der Waals surface area contributed by atoms with E-state index in [1.807, 2.05) is 41.0 Å². The lowest BCUT2D eigenvalue weighted by Crippen LogP contribution is -2.55. The van der Waals surface area contributed by atoms with Crippen LogP contribution in [0.3, 0.4) is 0 Å². The van der Waals surface area contributed by atoms with Crippen LogP contribution in [-0.4, -0.2) is 79.8 Å². The molecule has 2 fully saturated rings. The monoisotopic (exact) mass is 358 g/mol. The molecule has 0 aromatic heterocycles. The first-order valence-electron chi connectivity index (χ1n) is 9.21. The fourth-order valence-corrected chi connectivity index (χ4v) is 3.41. The van der Waals surface area contributed by atoms with Crippen molar-refractivity contribution < 1.29 is 14.3 Å². The van der Waals surface area contributed by atoms with Crippen molar-refractivity contribution >= 4 is 6.03 Å². The second-order valence-electron chi connectivity index (χ2n) is 6.44. The molecule has 2 aliphatic rings. The molecule has 7 nitrogen and oxygen atoms in total. The summed E-state index contributed by atoms with van der Waals surface area (Å²) < 4.78 is 10.8. The first-order valence-corrected chi connectivity index (χ1v) is 9.21. The topological polar surface area (TPSA) is 69.0 Å². The number of carbonyl (C=O) groups is 1. The third-order valence-electron chi connectivity index (χ3n) is 4.86. The first-order chi connectivity index (χ1) is 12.7. The van der Waals surface area contributed by atoms with Crippen molar-refractivity contribution in [1.82, 2.24) is 14.7 Å². The van der Waals surface area contributed by atoms with Gasteiger partial charge in [-0.15, -0.1) is 0 Å². The SMILES string of the molecule is CCOc1ccc(C(C#N)N2CCN(C(=O)N3CCOCC3)CC2)cc1. The van der Waals surface area contributed by atoms with Crippen molar-refractivity contribution in [2.75, 3.05) is 59.1 Å². The molecule has 1 aromatic carbocycles. The molecule has 2 aliphatic heterocycles. The van der Waals surface area contributed by atoms with E-state index in [4.69, 9.17) is 9.47 Å². The Labute approximate surface area is 154 Å². The zero-order valence-electron chi connectivity index (χ0n) is 15.3. The van der Waals surface area contributed by atoms with Crippen molar-refractivity contribution in [1.29, 1.82) is 5.26 Å². The molecule has 1 unspecified atom stereocenters. The van der Waals surface area contributed by atoms with Crippen LogP contribution >= 0.6 is 0 Å². The highest BCUT2D eigenvalue weighted by atomic mass is 16.5. The summed E-state index contributed by atoms with van der Waals surface area (Å²) >= 11 is 0. The number of urea groups is 1. The van der Waals surface area contributed by atoms with E-state index in [-0.39, 0.29) is 12.1 Å². The van der Waals surface area contributed by atoms with E-state index in [0.29, 0.717) is 59.1 Å². The minimum atomic E-state index is -0.300. The third kappa shape index (κ3) is 4.26. The Morgan fingerprint density at radius 3 is 2.31 bits per heavy atom. The molecule has 3 rings (SSSR count). The lowest BCUT2D eigenvalue weighted by molar-refractivity contribution is 0.0363. The fourth-order valence-electron chi connectivity index (χ4n) is 3.41. The van der Waals surface area contributed by atoms with Crippen LogP contribution in [0.5, 0.6) is 5.75 Å². The molecule has 1 aromatic rings. The molecule has 140 valence electrons. The summed E-state index contributed by atoms with van der Waals surface area (Å²) in [4.78, 5) is 18.4. The van der Waals surface area contributed by atoms with Gasteiger partial charge in [-0.2, -0.15) is 5.26 Å². The maximum atomic E-state index is 12.6. The third-order valence-corrected chi connectivity index (χ3v) is 4.86. The number of hydrogen-bond donors (Lipinski definition) is 0. The Morgan fingerprint density at radius 1 is 1.12 bits per heavy atom. The van der Waals surface area contributed by atoms with Crippen LogP contribution in [0.4, 0.5) is 4.79 Å². The standard InChI is InChI=1S/C19H26N4O3/c1-2-26-17-5-3-16(4-6-17)18(15-20)21-7-9-22(10-8-21)19(24)23-11-13-25-14-12-23/h3-6,18H,2,7-14H2,1H3. The summed E-state index contributed by atoms with van der Waals surface area (Å²) in [5, 5.41) is 9.66. The van der Waals surface area contributed by atoms with Crippen LogP contribution < -0.4 is 4.74 Å². The van der Waals surface area contributed by atoms with Crippen molar-refractivity contribution in [3.8, 4) is 11.8 Å². The normalized spacial score (nSPS) is 19.7. The summed E-state index contributed by atoms with van der Waals surface area (Å²) in [7, 11) is 0. The number of amides is 2. The quantitative estimate of drug-likeness (QED) is 0.820. The minimum Gasteiger partial charge on any atom is -0.494 e. The van der Waals surface area contributed by atoms with Gasteiger partial charge in [0.05, 0.1) is 25.9 Å². The summed E-state index contributed by atoms with van der Waals surface area (Å²) in [5.74, 6) is 0.814. The number of morpholine rings is 1. The van der Waals surface area contributed by atoms with Crippen molar-refractivity contribution in [2.45, 2.75) is 13.0 Å². The lowest BCUT2D eigenvalue weighted by atomic mass is 10.1. The van der Waals surface area contributed by atoms with Gasteiger partial charge in [0.25, 0.3) is 0 Å². The fraction of sp³-hybridized carbons (Fsp3) is 0.579. The van der Waals surface area contributed by atoms with E-state index in [2.05, 4.69) is 11.0 Å². The van der Waals surface area contributed by atoms with Gasteiger partial charge >= 0.3 is 6.03 Å². The number of nitrogens with zero attached hydrogens (tertiary/aromatic N) is 4. The smallest absolute Gasteiger partial charge is 0.320 e. The highest BCUT2D eigenvalue weighted by molar-refractivity contribution is 5.74. The van der Waals surface area contributed by atoms with Gasteiger partial charge in [0.1, 0.15) is 11.8 Å². The first kappa shape index (κ1) is 18.5. The Balaban J connectivity index is 1.57. The second-order valence-corrected chi connectivity index (χ2v) is 6.44. The Hall–Kier alpha value is -2.30. The average Bonchev–Trinajstić information content (AvgIpc) is 2.71. The molecule has 2 heterocycles. The van der Waals surface area contributed by atoms with Crippen molar-refractivity contribution in [3.63, 3.8) is 0 Å². The molecule has 0 bridgehead atoms. The minimum absolute atomic E-state index is 0.0857. The molecule has 0 aliphatic carbocycles. The Morgan fingerprint density at radius 2 is 1.73 bits per heavy atom. The van der Waals surface area contributed by atoms with Crippen LogP contribution in [0.25, 0.3) is 0 Å². The van der Waals surface area contributed by atoms with Crippen LogP contribution in [0.2, 0.25) is 0 Å². The van der Waals surface area contributed by atoms with Gasteiger partial charge in [0, 0.05) is 39.3 Å². The number of benzene rings is 1. The predicted octanol–water partition coefficient (Wildman–Crippen LogP) is 1.72. The number of carbonyl (C=O) groups excluding carboxylic acids is 1. The van der Waals surface area contributed by atoms with Crippen molar-refractivity contribution in [3.05, 3.63) is 29.8 Å². The van der Waals surface area contributed by atoms with Crippen LogP contribution in [0.15, 0.2) is 24.3 Å². The zero-order chi connectivity index (χ0) is 18.4. The molecular weight excluding hydrogens is 332 g/mol. The van der Waals surface area contributed by atoms with E-state index < -0.39 is 0 Å². The zero-order valence-corrected chi connectivity index (χ0v) is 15.3. The Bertz CT molecular complexity index is 629. The van der Waals surface area contributed by atoms with E-state index in [0.717, 1.165) is 11.3 Å². The maximum Gasteiger partial charge on any atom is 0.320 e. The number of ether oxygens (including phenoxy) is 2. The predicted molar refractivity (Wildman–Crippen MR) is 96.9 cm³/mol. The number of nitriles is 1. The van der Waals surface area contributed by atoms with E-state index in [9.17, 15) is 10.1 Å². The number of piperazine rings is 1. The molecular formula is C19H26N4O3. The van der Waals surface area contributed by atoms with Gasteiger partial charge in [-0.1, -0.05) is 12.1 Å². The van der Waals surface area contributed by atoms with Crippen LogP contribution in [-0.2, 0) is 4.74 Å². The van der Waals surface area contributed by atoms with Crippen LogP contribution in [0.1, 0.15) is 18.5 Å². The molecule has 0 spiro atoms. The van der Waals surface area contributed by atoms with Gasteiger partial charge in [-0.3, -0.25) is 4.90 Å². The second kappa shape index (κ2) is 8.88. The largest absolute Gasteiger partial charge is 0.494 e. The van der Waals surface area contributed by atoms with E-state index in [1.54, 1.807) is 0 Å². The summed E-state index contributed by atoms with van der Waals surface area (Å²) in [6.45, 7) is 7.79. The van der Waals surface area contributed by atoms with Gasteiger partial charge < -0.3 is 19.3 Å². The molecule has 2 amide bonds. The molecule has 2 saturated heterocycles. The van der Waals surface area contributed by atoms with E-state index in [1.165, 1.54) is 0 Å². The molecule has 7 heteroatoms. The summed E-state index contributed by atoms with van der Waals surface area (Å²) in [5.41, 5.74) is 0.962. The molecule has 0 N–H and O–H groups in total. The van der Waals surface area contributed by atoms with Gasteiger partial charge in [-0.05, 0) is 24.6 Å². The molecule has 0 radical (unpaired) electrons. The van der Waals surface area contributed by atoms with Crippen LogP contribution in [0, 0.1) is 11.3 Å². The molecule has 26 heavy (non-hydrogen) atoms. The average molecular weight is 358 g/mol. The molecule has 0 saturated carbocycles. The van der Waals surface area contributed by atoms with Crippen molar-refractivity contribution in [2.24, 2.45) is 0 Å². The van der Waals surface area contributed by atoms with Gasteiger partial charge in [-0.25, -0.2) is 4.79 Å². The Kier molecular flexibility index (Phi) is 6.31.